The summed E-state index contributed by atoms with van der Waals surface area (Å²) in [4.78, 5) is 41.4. The molecule has 2 N–H and O–H groups in total. The second-order valence-electron chi connectivity index (χ2n) is 8.46. The summed E-state index contributed by atoms with van der Waals surface area (Å²) in [6.45, 7) is 1.91. The zero-order valence-corrected chi connectivity index (χ0v) is 18.5. The zero-order valence-electron chi connectivity index (χ0n) is 18.5. The van der Waals surface area contributed by atoms with Crippen LogP contribution < -0.4 is 15.4 Å². The van der Waals surface area contributed by atoms with Crippen molar-refractivity contribution in [2.75, 3.05) is 12.4 Å². The first-order valence-electron chi connectivity index (χ1n) is 11.1. The molecular weight excluding hydrogens is 406 g/mol. The highest BCUT2D eigenvalue weighted by Crippen LogP contribution is 2.32. The van der Waals surface area contributed by atoms with E-state index in [1.807, 2.05) is 31.2 Å². The number of nitrogens with one attached hydrogen (secondary N) is 2. The number of fused-ring (bicyclic) bond motifs is 1. The van der Waals surface area contributed by atoms with Gasteiger partial charge in [-0.15, -0.1) is 0 Å². The Hall–Kier alpha value is -3.35. The third kappa shape index (κ3) is 4.33. The van der Waals surface area contributed by atoms with Crippen molar-refractivity contribution < 1.29 is 19.1 Å². The summed E-state index contributed by atoms with van der Waals surface area (Å²) in [5.74, 6) is -0.398. The molecular formula is C25H29N3O4. The smallest absolute Gasteiger partial charge is 0.258 e. The van der Waals surface area contributed by atoms with Crippen molar-refractivity contribution >= 4 is 23.4 Å². The lowest BCUT2D eigenvalue weighted by Crippen LogP contribution is -2.68. The Labute approximate surface area is 188 Å². The Morgan fingerprint density at radius 1 is 1.09 bits per heavy atom. The zero-order chi connectivity index (χ0) is 22.7. The molecule has 7 nitrogen and oxygen atoms in total. The van der Waals surface area contributed by atoms with Crippen LogP contribution in [0.2, 0.25) is 0 Å². The molecule has 7 heteroatoms. The molecule has 2 aromatic rings. The number of hydrogen-bond acceptors (Lipinski definition) is 4. The van der Waals surface area contributed by atoms with Crippen LogP contribution in [0.5, 0.6) is 5.75 Å². The topological polar surface area (TPSA) is 87.7 Å². The summed E-state index contributed by atoms with van der Waals surface area (Å²) in [7, 11) is 1.52. The number of benzene rings is 2. The van der Waals surface area contributed by atoms with E-state index in [4.69, 9.17) is 4.74 Å². The number of rotatable bonds is 5. The summed E-state index contributed by atoms with van der Waals surface area (Å²) < 4.78 is 5.40. The number of para-hydroxylation sites is 2. The average molecular weight is 436 g/mol. The SMILES string of the molecule is COc1ccccc1C(=O)N1[C@@H]2CCCC[C@@H]2NC(=O)[C@@H]1CC(=O)Nc1ccccc1C. The van der Waals surface area contributed by atoms with E-state index in [0.29, 0.717) is 17.0 Å². The van der Waals surface area contributed by atoms with Gasteiger partial charge in [-0.05, 0) is 43.5 Å². The summed E-state index contributed by atoms with van der Waals surface area (Å²) in [5, 5.41) is 5.96. The van der Waals surface area contributed by atoms with E-state index in [9.17, 15) is 14.4 Å². The summed E-state index contributed by atoms with van der Waals surface area (Å²) >= 11 is 0. The summed E-state index contributed by atoms with van der Waals surface area (Å²) in [6, 6.07) is 13.4. The van der Waals surface area contributed by atoms with Crippen molar-refractivity contribution in [3.63, 3.8) is 0 Å². The number of anilines is 1. The third-order valence-electron chi connectivity index (χ3n) is 6.42. The molecule has 0 bridgehead atoms. The minimum Gasteiger partial charge on any atom is -0.496 e. The normalized spacial score (nSPS) is 22.5. The van der Waals surface area contributed by atoms with Gasteiger partial charge in [-0.2, -0.15) is 0 Å². The maximum absolute atomic E-state index is 13.7. The maximum Gasteiger partial charge on any atom is 0.258 e. The molecule has 0 unspecified atom stereocenters. The predicted octanol–water partition coefficient (Wildman–Crippen LogP) is 3.28. The Balaban J connectivity index is 1.63. The van der Waals surface area contributed by atoms with Crippen LogP contribution in [0.1, 0.15) is 48.0 Å². The number of ether oxygens (including phenoxy) is 1. The predicted molar refractivity (Wildman–Crippen MR) is 122 cm³/mol. The van der Waals surface area contributed by atoms with Crippen molar-refractivity contribution in [2.45, 2.75) is 57.2 Å². The number of carbonyl (C=O) groups is 3. The molecule has 32 heavy (non-hydrogen) atoms. The van der Waals surface area contributed by atoms with Gasteiger partial charge in [0.05, 0.1) is 25.1 Å². The van der Waals surface area contributed by atoms with Gasteiger partial charge in [0.1, 0.15) is 11.8 Å². The molecule has 1 aliphatic heterocycles. The lowest BCUT2D eigenvalue weighted by Gasteiger charge is -2.48. The van der Waals surface area contributed by atoms with Gasteiger partial charge in [0.15, 0.2) is 0 Å². The quantitative estimate of drug-likeness (QED) is 0.755. The minimum atomic E-state index is -0.879. The largest absolute Gasteiger partial charge is 0.496 e. The van der Waals surface area contributed by atoms with Gasteiger partial charge in [0.25, 0.3) is 5.91 Å². The van der Waals surface area contributed by atoms with Crippen LogP contribution in [-0.4, -0.2) is 47.9 Å². The first kappa shape index (κ1) is 21.9. The van der Waals surface area contributed by atoms with Gasteiger partial charge >= 0.3 is 0 Å². The van der Waals surface area contributed by atoms with Crippen molar-refractivity contribution in [3.8, 4) is 5.75 Å². The van der Waals surface area contributed by atoms with Gasteiger partial charge in [-0.25, -0.2) is 0 Å². The lowest BCUT2D eigenvalue weighted by atomic mass is 9.84. The third-order valence-corrected chi connectivity index (χ3v) is 6.42. The van der Waals surface area contributed by atoms with E-state index in [1.165, 1.54) is 7.11 Å². The van der Waals surface area contributed by atoms with Gasteiger partial charge in [-0.1, -0.05) is 43.2 Å². The van der Waals surface area contributed by atoms with Crippen LogP contribution in [0.25, 0.3) is 0 Å². The first-order valence-corrected chi connectivity index (χ1v) is 11.1. The molecule has 168 valence electrons. The number of hydrogen-bond donors (Lipinski definition) is 2. The van der Waals surface area contributed by atoms with Crippen LogP contribution >= 0.6 is 0 Å². The standard InChI is InChI=1S/C25H29N3O4/c1-16-9-3-5-11-18(16)26-23(29)15-21-24(30)27-19-12-6-7-13-20(19)28(21)25(31)17-10-4-8-14-22(17)32-2/h3-5,8-11,14,19-21H,6-7,12-13,15H2,1-2H3,(H,26,29)(H,27,30)/t19-,20+,21-/m0/s1. The van der Waals surface area contributed by atoms with Crippen molar-refractivity contribution in [2.24, 2.45) is 0 Å². The molecule has 0 spiro atoms. The highest BCUT2D eigenvalue weighted by molar-refractivity contribution is 6.03. The van der Waals surface area contributed by atoms with Crippen LogP contribution in [-0.2, 0) is 9.59 Å². The monoisotopic (exact) mass is 435 g/mol. The van der Waals surface area contributed by atoms with E-state index in [2.05, 4.69) is 10.6 Å². The van der Waals surface area contributed by atoms with Gasteiger partial charge in [0.2, 0.25) is 11.8 Å². The molecule has 0 radical (unpaired) electrons. The number of piperazine rings is 1. The highest BCUT2D eigenvalue weighted by atomic mass is 16.5. The second-order valence-corrected chi connectivity index (χ2v) is 8.46. The van der Waals surface area contributed by atoms with Gasteiger partial charge in [-0.3, -0.25) is 14.4 Å². The van der Waals surface area contributed by atoms with Crippen LogP contribution in [0.3, 0.4) is 0 Å². The highest BCUT2D eigenvalue weighted by Gasteiger charge is 2.46. The van der Waals surface area contributed by atoms with Gasteiger partial charge < -0.3 is 20.3 Å². The molecule has 2 fully saturated rings. The summed E-state index contributed by atoms with van der Waals surface area (Å²) in [6.07, 6.45) is 3.51. The lowest BCUT2D eigenvalue weighted by molar-refractivity contribution is -0.135. The van der Waals surface area contributed by atoms with E-state index in [-0.39, 0.29) is 36.2 Å². The average Bonchev–Trinajstić information content (AvgIpc) is 2.80. The number of methoxy groups -OCH3 is 1. The summed E-state index contributed by atoms with van der Waals surface area (Å²) in [5.41, 5.74) is 2.04. The van der Waals surface area contributed by atoms with Crippen molar-refractivity contribution in [3.05, 3.63) is 59.7 Å². The van der Waals surface area contributed by atoms with E-state index in [0.717, 1.165) is 31.2 Å². The molecule has 1 aliphatic carbocycles. The number of aryl methyl sites for hydroxylation is 1. The van der Waals surface area contributed by atoms with Crippen molar-refractivity contribution in [1.29, 1.82) is 0 Å². The number of nitrogens with zero attached hydrogens (tertiary/aromatic N) is 1. The molecule has 1 saturated heterocycles. The molecule has 3 atom stereocenters. The maximum atomic E-state index is 13.7. The molecule has 2 aromatic carbocycles. The fourth-order valence-electron chi connectivity index (χ4n) is 4.78. The van der Waals surface area contributed by atoms with E-state index < -0.39 is 6.04 Å². The van der Waals surface area contributed by atoms with Crippen molar-refractivity contribution in [1.82, 2.24) is 10.2 Å². The molecule has 1 heterocycles. The molecule has 4 rings (SSSR count). The van der Waals surface area contributed by atoms with Crippen LogP contribution in [0.15, 0.2) is 48.5 Å². The molecule has 1 saturated carbocycles. The van der Waals surface area contributed by atoms with E-state index in [1.54, 1.807) is 29.2 Å². The number of carbonyl (C=O) groups excluding carboxylic acids is 3. The molecule has 3 amide bonds. The molecule has 0 aromatic heterocycles. The fourth-order valence-corrected chi connectivity index (χ4v) is 4.78. The van der Waals surface area contributed by atoms with E-state index >= 15 is 0 Å². The minimum absolute atomic E-state index is 0.0920. The Bertz CT molecular complexity index is 1020. The Morgan fingerprint density at radius 3 is 2.59 bits per heavy atom. The molecule has 2 aliphatic rings. The Kier molecular flexibility index (Phi) is 6.44. The first-order chi connectivity index (χ1) is 15.5. The van der Waals surface area contributed by atoms with Crippen LogP contribution in [0, 0.1) is 6.92 Å². The fraction of sp³-hybridized carbons (Fsp3) is 0.400. The van der Waals surface area contributed by atoms with Gasteiger partial charge in [0, 0.05) is 11.7 Å². The van der Waals surface area contributed by atoms with Crippen LogP contribution in [0.4, 0.5) is 5.69 Å². The Morgan fingerprint density at radius 2 is 1.81 bits per heavy atom. The number of amides is 3. The second kappa shape index (κ2) is 9.42.